The van der Waals surface area contributed by atoms with Crippen LogP contribution in [-0.2, 0) is 26.2 Å². The number of para-hydroxylation sites is 1. The van der Waals surface area contributed by atoms with E-state index in [-0.39, 0.29) is 28.2 Å². The molecule has 57 heavy (non-hydrogen) atoms. The molecular formula is C45H60N6O5S. The Morgan fingerprint density at radius 3 is 1.96 bits per heavy atom. The van der Waals surface area contributed by atoms with Crippen molar-refractivity contribution in [1.82, 2.24) is 20.9 Å². The Hall–Kier alpha value is -5.23. The number of benzene rings is 3. The van der Waals surface area contributed by atoms with Crippen LogP contribution >= 0.6 is 12.2 Å². The number of unbranched alkanes of at least 4 members (excludes halogenated alkanes) is 7. The van der Waals surface area contributed by atoms with Crippen LogP contribution in [0.4, 0.5) is 16.2 Å². The zero-order chi connectivity index (χ0) is 41.4. The molecule has 0 aliphatic rings. The van der Waals surface area contributed by atoms with Gasteiger partial charge in [0.2, 0.25) is 11.8 Å². The largest absolute Gasteiger partial charge is 0.444 e. The summed E-state index contributed by atoms with van der Waals surface area (Å²) in [5.74, 6) is -0.539. The second kappa shape index (κ2) is 21.3. The molecule has 0 aliphatic carbocycles. The van der Waals surface area contributed by atoms with E-state index in [1.165, 1.54) is 0 Å². The molecule has 6 N–H and O–H groups in total. The summed E-state index contributed by atoms with van der Waals surface area (Å²) in [7, 11) is 0. The fourth-order valence-electron chi connectivity index (χ4n) is 6.31. The second-order valence-electron chi connectivity index (χ2n) is 16.5. The van der Waals surface area contributed by atoms with Crippen LogP contribution in [0.1, 0.15) is 121 Å². The minimum Gasteiger partial charge on any atom is -0.444 e. The summed E-state index contributed by atoms with van der Waals surface area (Å²) >= 11 is 5.33. The molecule has 306 valence electrons. The van der Waals surface area contributed by atoms with Gasteiger partial charge in [0.1, 0.15) is 11.6 Å². The lowest BCUT2D eigenvalue weighted by molar-refractivity contribution is -0.123. The zero-order valence-corrected chi connectivity index (χ0v) is 35.1. The number of amides is 4. The van der Waals surface area contributed by atoms with Crippen LogP contribution in [0, 0.1) is 0 Å². The molecule has 1 aromatic heterocycles. The quantitative estimate of drug-likeness (QED) is 0.0434. The first-order valence-corrected chi connectivity index (χ1v) is 20.4. The Morgan fingerprint density at radius 1 is 0.737 bits per heavy atom. The number of ether oxygens (including phenoxy) is 1. The van der Waals surface area contributed by atoms with Crippen LogP contribution in [0.5, 0.6) is 0 Å². The number of alkyl carbamates (subject to hydrolysis) is 1. The third kappa shape index (κ3) is 15.7. The lowest BCUT2D eigenvalue weighted by Gasteiger charge is -2.23. The van der Waals surface area contributed by atoms with Crippen molar-refractivity contribution < 1.29 is 23.9 Å². The summed E-state index contributed by atoms with van der Waals surface area (Å²) in [5, 5.41) is 15.7. The molecule has 0 fully saturated rings. The molecule has 3 aromatic carbocycles. The minimum absolute atomic E-state index is 0.00502. The fourth-order valence-corrected chi connectivity index (χ4v) is 6.52. The molecule has 0 saturated heterocycles. The second-order valence-corrected chi connectivity index (χ2v) is 16.9. The Kier molecular flexibility index (Phi) is 16.7. The molecule has 0 saturated carbocycles. The molecule has 0 unspecified atom stereocenters. The van der Waals surface area contributed by atoms with Crippen molar-refractivity contribution in [1.29, 1.82) is 0 Å². The van der Waals surface area contributed by atoms with Gasteiger partial charge in [-0.15, -0.1) is 0 Å². The normalized spacial score (nSPS) is 12.0. The Morgan fingerprint density at radius 2 is 1.33 bits per heavy atom. The fraction of sp³-hybridized carbons (Fsp3) is 0.444. The molecule has 0 aliphatic heterocycles. The molecule has 0 bridgehead atoms. The number of H-pyrrole nitrogens is 1. The smallest absolute Gasteiger partial charge is 0.408 e. The van der Waals surface area contributed by atoms with Gasteiger partial charge >= 0.3 is 6.09 Å². The van der Waals surface area contributed by atoms with Crippen molar-refractivity contribution in [2.24, 2.45) is 0 Å². The van der Waals surface area contributed by atoms with Crippen molar-refractivity contribution in [3.05, 3.63) is 95.7 Å². The average molecular weight is 797 g/mol. The number of thiocarbonyl (C=S) groups is 1. The molecule has 4 aromatic rings. The maximum absolute atomic E-state index is 13.2. The molecule has 1 atom stereocenters. The third-order valence-corrected chi connectivity index (χ3v) is 9.61. The number of hydrogen-bond acceptors (Lipinski definition) is 6. The predicted molar refractivity (Wildman–Crippen MR) is 234 cm³/mol. The van der Waals surface area contributed by atoms with Gasteiger partial charge in [0.25, 0.3) is 5.91 Å². The summed E-state index contributed by atoms with van der Waals surface area (Å²) in [5.41, 5.74) is 4.33. The third-order valence-electron chi connectivity index (χ3n) is 9.40. The van der Waals surface area contributed by atoms with Crippen molar-refractivity contribution in [2.45, 2.75) is 123 Å². The maximum atomic E-state index is 13.2. The summed E-state index contributed by atoms with van der Waals surface area (Å²) in [4.78, 5) is 54.1. The molecule has 0 spiro atoms. The predicted octanol–water partition coefficient (Wildman–Crippen LogP) is 9.29. The topological polar surface area (TPSA) is 153 Å². The first-order chi connectivity index (χ1) is 27.1. The zero-order valence-electron chi connectivity index (χ0n) is 34.3. The number of hydrogen-bond donors (Lipinski definition) is 6. The highest BCUT2D eigenvalue weighted by Gasteiger charge is 2.25. The Bertz CT molecular complexity index is 1940. The molecule has 1 heterocycles. The van der Waals surface area contributed by atoms with Crippen LogP contribution in [0.3, 0.4) is 0 Å². The Labute approximate surface area is 342 Å². The number of aromatic amines is 1. The number of rotatable bonds is 18. The van der Waals surface area contributed by atoms with E-state index in [2.05, 4.69) is 52.3 Å². The van der Waals surface area contributed by atoms with Gasteiger partial charge in [-0.25, -0.2) is 4.79 Å². The van der Waals surface area contributed by atoms with E-state index in [1.54, 1.807) is 57.2 Å². The molecule has 0 radical (unpaired) electrons. The van der Waals surface area contributed by atoms with Gasteiger partial charge in [-0.3, -0.25) is 19.7 Å². The van der Waals surface area contributed by atoms with Crippen molar-refractivity contribution in [3.8, 4) is 0 Å². The number of nitrogens with one attached hydrogen (secondary N) is 6. The van der Waals surface area contributed by atoms with E-state index >= 15 is 0 Å². The number of anilines is 2. The number of fused-ring (bicyclic) bond motifs is 1. The van der Waals surface area contributed by atoms with E-state index in [1.807, 2.05) is 42.6 Å². The van der Waals surface area contributed by atoms with E-state index in [0.717, 1.165) is 73.4 Å². The van der Waals surface area contributed by atoms with Crippen molar-refractivity contribution in [2.75, 3.05) is 17.2 Å². The molecular weight excluding hydrogens is 737 g/mol. The molecule has 12 heteroatoms. The van der Waals surface area contributed by atoms with Gasteiger partial charge in [0.05, 0.1) is 0 Å². The van der Waals surface area contributed by atoms with E-state index in [9.17, 15) is 19.2 Å². The van der Waals surface area contributed by atoms with Crippen LogP contribution in [0.2, 0.25) is 0 Å². The number of carbonyl (C=O) groups excluding carboxylic acids is 4. The molecule has 11 nitrogen and oxygen atoms in total. The summed E-state index contributed by atoms with van der Waals surface area (Å²) in [6.07, 6.45) is 10.0. The van der Waals surface area contributed by atoms with Crippen molar-refractivity contribution in [3.63, 3.8) is 0 Å². The van der Waals surface area contributed by atoms with Crippen LogP contribution in [0.25, 0.3) is 10.9 Å². The van der Waals surface area contributed by atoms with Crippen LogP contribution in [-0.4, -0.2) is 52.1 Å². The highest BCUT2D eigenvalue weighted by Crippen LogP contribution is 2.23. The maximum Gasteiger partial charge on any atom is 0.408 e. The average Bonchev–Trinajstić information content (AvgIpc) is 3.55. The van der Waals surface area contributed by atoms with E-state index in [0.29, 0.717) is 36.3 Å². The SMILES string of the molecule is CC(C)(C)OC(=O)N[C@@H](Cc1c[nH]c2ccccc12)C(=O)NCCCCCCCCCCC(=O)Nc1ccc(NC(=S)NC(=O)c2ccc(C(C)(C)C)cc2)cc1. The van der Waals surface area contributed by atoms with Crippen LogP contribution < -0.4 is 26.6 Å². The number of carbonyl (C=O) groups is 4. The van der Waals surface area contributed by atoms with Gasteiger partial charge in [0, 0.05) is 53.4 Å². The Balaban J connectivity index is 1.05. The first-order valence-electron chi connectivity index (χ1n) is 20.0. The van der Waals surface area contributed by atoms with Gasteiger partial charge in [-0.2, -0.15) is 0 Å². The monoisotopic (exact) mass is 796 g/mol. The van der Waals surface area contributed by atoms with E-state index < -0.39 is 17.7 Å². The van der Waals surface area contributed by atoms with Gasteiger partial charge in [-0.1, -0.05) is 89.6 Å². The van der Waals surface area contributed by atoms with Crippen LogP contribution in [0.15, 0.2) is 79.0 Å². The highest BCUT2D eigenvalue weighted by atomic mass is 32.1. The van der Waals surface area contributed by atoms with Gasteiger partial charge in [-0.05, 0) is 105 Å². The lowest BCUT2D eigenvalue weighted by Crippen LogP contribution is -2.49. The lowest BCUT2D eigenvalue weighted by atomic mass is 9.87. The molecule has 4 amide bonds. The van der Waals surface area contributed by atoms with Crippen molar-refractivity contribution >= 4 is 63.4 Å². The van der Waals surface area contributed by atoms with Gasteiger partial charge in [0.15, 0.2) is 5.11 Å². The summed E-state index contributed by atoms with van der Waals surface area (Å²) in [6, 6.07) is 21.8. The molecule has 4 rings (SSSR count). The van der Waals surface area contributed by atoms with E-state index in [4.69, 9.17) is 17.0 Å². The summed E-state index contributed by atoms with van der Waals surface area (Å²) < 4.78 is 5.43. The van der Waals surface area contributed by atoms with Gasteiger partial charge < -0.3 is 31.0 Å². The first kappa shape index (κ1) is 44.5. The summed E-state index contributed by atoms with van der Waals surface area (Å²) in [6.45, 7) is 12.3. The number of aromatic nitrogens is 1. The highest BCUT2D eigenvalue weighted by molar-refractivity contribution is 7.80. The standard InChI is InChI=1S/C45H60N6O5S/c1-44(2,3)33-22-20-31(21-23-33)40(53)51-42(57)49-35-26-24-34(25-27-35)48-39(52)19-13-11-9-7-8-10-12-16-28-46-41(54)38(50-43(55)56-45(4,5)6)29-32-30-47-37-18-15-14-17-36(32)37/h14-15,17-18,20-27,30,38,47H,7-13,16,19,28-29H2,1-6H3,(H,46,54)(H,48,52)(H,50,55)(H2,49,51,53,57)/t38-/m0/s1. The minimum atomic E-state index is -0.765.